The molecule has 0 fully saturated rings. The Morgan fingerprint density at radius 3 is 3.13 bits per heavy atom. The molecule has 0 spiro atoms. The van der Waals surface area contributed by atoms with Crippen LogP contribution in [0.15, 0.2) is 11.7 Å². The van der Waals surface area contributed by atoms with Crippen LogP contribution in [0.3, 0.4) is 0 Å². The maximum atomic E-state index is 10.5. The number of thiazole rings is 1. The molecule has 0 aromatic carbocycles. The van der Waals surface area contributed by atoms with Crippen molar-refractivity contribution in [2.75, 3.05) is 18.5 Å². The molecule has 0 aliphatic carbocycles. The van der Waals surface area contributed by atoms with E-state index in [1.807, 2.05) is 0 Å². The van der Waals surface area contributed by atoms with Gasteiger partial charge < -0.3 is 10.0 Å². The molecule has 0 unspecified atom stereocenters. The SMILES string of the molecule is CN(CC(=O)O)c1ncc2ncsc2n1. The number of carboxylic acids is 1. The summed E-state index contributed by atoms with van der Waals surface area (Å²) in [6.45, 7) is -0.121. The number of carboxylic acid groups (broad SMARTS) is 1. The van der Waals surface area contributed by atoms with E-state index in [0.29, 0.717) is 5.95 Å². The number of likely N-dealkylation sites (N-methyl/N-ethyl adjacent to an activating group) is 1. The molecule has 0 bridgehead atoms. The summed E-state index contributed by atoms with van der Waals surface area (Å²) in [5.41, 5.74) is 2.41. The first kappa shape index (κ1) is 9.78. The molecule has 0 saturated carbocycles. The third-order valence-corrected chi connectivity index (χ3v) is 2.53. The lowest BCUT2D eigenvalue weighted by Crippen LogP contribution is -2.26. The van der Waals surface area contributed by atoms with Crippen LogP contribution >= 0.6 is 11.3 Å². The van der Waals surface area contributed by atoms with Crippen molar-refractivity contribution >= 4 is 33.6 Å². The average molecular weight is 224 g/mol. The molecule has 0 aliphatic rings. The highest BCUT2D eigenvalue weighted by atomic mass is 32.1. The number of aromatic nitrogens is 3. The molecule has 0 atom stereocenters. The fourth-order valence-electron chi connectivity index (χ4n) is 1.12. The van der Waals surface area contributed by atoms with Gasteiger partial charge in [-0.15, -0.1) is 11.3 Å². The van der Waals surface area contributed by atoms with Crippen LogP contribution < -0.4 is 4.90 Å². The van der Waals surface area contributed by atoms with Crippen molar-refractivity contribution < 1.29 is 9.90 Å². The Morgan fingerprint density at radius 1 is 1.60 bits per heavy atom. The summed E-state index contributed by atoms with van der Waals surface area (Å²) in [6, 6.07) is 0. The van der Waals surface area contributed by atoms with Crippen LogP contribution in [-0.4, -0.2) is 39.6 Å². The second-order valence-electron chi connectivity index (χ2n) is 2.96. The van der Waals surface area contributed by atoms with Crippen LogP contribution in [0.4, 0.5) is 5.95 Å². The highest BCUT2D eigenvalue weighted by Gasteiger charge is 2.09. The molecular formula is C8H8N4O2S. The zero-order valence-electron chi connectivity index (χ0n) is 7.91. The molecule has 0 amide bonds. The van der Waals surface area contributed by atoms with Gasteiger partial charge in [-0.05, 0) is 0 Å². The van der Waals surface area contributed by atoms with Gasteiger partial charge in [0.15, 0.2) is 0 Å². The molecule has 6 nitrogen and oxygen atoms in total. The Hall–Kier alpha value is -1.76. The topological polar surface area (TPSA) is 79.2 Å². The summed E-state index contributed by atoms with van der Waals surface area (Å²) in [6.07, 6.45) is 1.59. The first-order chi connectivity index (χ1) is 7.16. The lowest BCUT2D eigenvalue weighted by molar-refractivity contribution is -0.135. The summed E-state index contributed by atoms with van der Waals surface area (Å²) in [7, 11) is 1.64. The van der Waals surface area contributed by atoms with Gasteiger partial charge in [-0.25, -0.2) is 15.0 Å². The number of anilines is 1. The van der Waals surface area contributed by atoms with Crippen molar-refractivity contribution in [3.63, 3.8) is 0 Å². The average Bonchev–Trinajstić information content (AvgIpc) is 2.62. The van der Waals surface area contributed by atoms with Crippen LogP contribution in [0.2, 0.25) is 0 Å². The van der Waals surface area contributed by atoms with Gasteiger partial charge in [0.2, 0.25) is 5.95 Å². The summed E-state index contributed by atoms with van der Waals surface area (Å²) >= 11 is 1.40. The second-order valence-corrected chi connectivity index (χ2v) is 3.80. The minimum Gasteiger partial charge on any atom is -0.480 e. The quantitative estimate of drug-likeness (QED) is 0.822. The Morgan fingerprint density at radius 2 is 2.40 bits per heavy atom. The van der Waals surface area contributed by atoms with Gasteiger partial charge in [-0.3, -0.25) is 4.79 Å². The zero-order chi connectivity index (χ0) is 10.8. The van der Waals surface area contributed by atoms with Gasteiger partial charge in [-0.2, -0.15) is 0 Å². The molecule has 0 aliphatic heterocycles. The number of hydrogen-bond acceptors (Lipinski definition) is 6. The number of fused-ring (bicyclic) bond motifs is 1. The van der Waals surface area contributed by atoms with E-state index in [9.17, 15) is 4.79 Å². The maximum Gasteiger partial charge on any atom is 0.323 e. The van der Waals surface area contributed by atoms with E-state index in [1.165, 1.54) is 16.2 Å². The van der Waals surface area contributed by atoms with Crippen molar-refractivity contribution in [1.82, 2.24) is 15.0 Å². The predicted octanol–water partition coefficient (Wildman–Crippen LogP) is 0.607. The van der Waals surface area contributed by atoms with E-state index >= 15 is 0 Å². The number of hydrogen-bond donors (Lipinski definition) is 1. The standard InChI is InChI=1S/C8H8N4O2S/c1-12(3-6(13)14)8-9-2-5-7(11-8)15-4-10-5/h2,4H,3H2,1H3,(H,13,14). The van der Waals surface area contributed by atoms with Crippen molar-refractivity contribution in [2.45, 2.75) is 0 Å². The monoisotopic (exact) mass is 224 g/mol. The van der Waals surface area contributed by atoms with Crippen molar-refractivity contribution in [1.29, 1.82) is 0 Å². The molecule has 2 aromatic rings. The Kier molecular flexibility index (Phi) is 2.46. The molecule has 2 rings (SSSR count). The van der Waals surface area contributed by atoms with Crippen LogP contribution in [0.1, 0.15) is 0 Å². The van der Waals surface area contributed by atoms with E-state index in [1.54, 1.807) is 18.8 Å². The van der Waals surface area contributed by atoms with E-state index in [0.717, 1.165) is 10.3 Å². The van der Waals surface area contributed by atoms with E-state index < -0.39 is 5.97 Å². The second kappa shape index (κ2) is 3.77. The molecule has 7 heteroatoms. The molecule has 1 N–H and O–H groups in total. The van der Waals surface area contributed by atoms with Gasteiger partial charge in [0, 0.05) is 7.05 Å². The Balaban J connectivity index is 2.30. The summed E-state index contributed by atoms with van der Waals surface area (Å²) < 4.78 is 0. The molecule has 0 saturated heterocycles. The minimum absolute atomic E-state index is 0.121. The number of rotatable bonds is 3. The highest BCUT2D eigenvalue weighted by Crippen LogP contribution is 2.16. The van der Waals surface area contributed by atoms with E-state index in [4.69, 9.17) is 5.11 Å². The maximum absolute atomic E-state index is 10.5. The number of carbonyl (C=O) groups is 1. The van der Waals surface area contributed by atoms with Gasteiger partial charge >= 0.3 is 5.97 Å². The minimum atomic E-state index is -0.912. The Bertz CT molecular complexity index is 498. The number of nitrogens with zero attached hydrogens (tertiary/aromatic N) is 4. The molecule has 15 heavy (non-hydrogen) atoms. The zero-order valence-corrected chi connectivity index (χ0v) is 8.73. The molecule has 0 radical (unpaired) electrons. The van der Waals surface area contributed by atoms with Crippen molar-refractivity contribution in [3.8, 4) is 0 Å². The van der Waals surface area contributed by atoms with Crippen LogP contribution in [0.5, 0.6) is 0 Å². The first-order valence-electron chi connectivity index (χ1n) is 4.16. The summed E-state index contributed by atoms with van der Waals surface area (Å²) in [5.74, 6) is -0.514. The van der Waals surface area contributed by atoms with E-state index in [-0.39, 0.29) is 6.54 Å². The third-order valence-electron chi connectivity index (χ3n) is 1.79. The van der Waals surface area contributed by atoms with Crippen molar-refractivity contribution in [2.24, 2.45) is 0 Å². The molecule has 78 valence electrons. The first-order valence-corrected chi connectivity index (χ1v) is 5.04. The smallest absolute Gasteiger partial charge is 0.323 e. The van der Waals surface area contributed by atoms with Crippen LogP contribution in [-0.2, 0) is 4.79 Å². The largest absolute Gasteiger partial charge is 0.480 e. The molecular weight excluding hydrogens is 216 g/mol. The fourth-order valence-corrected chi connectivity index (χ4v) is 1.74. The van der Waals surface area contributed by atoms with Crippen LogP contribution in [0, 0.1) is 0 Å². The van der Waals surface area contributed by atoms with Gasteiger partial charge in [0.25, 0.3) is 0 Å². The number of aliphatic carboxylic acids is 1. The van der Waals surface area contributed by atoms with Crippen molar-refractivity contribution in [3.05, 3.63) is 11.7 Å². The molecule has 2 heterocycles. The Labute approximate surface area is 89.2 Å². The van der Waals surface area contributed by atoms with Gasteiger partial charge in [0.05, 0.1) is 11.7 Å². The van der Waals surface area contributed by atoms with Crippen LogP contribution in [0.25, 0.3) is 10.3 Å². The van der Waals surface area contributed by atoms with E-state index in [2.05, 4.69) is 15.0 Å². The summed E-state index contributed by atoms with van der Waals surface area (Å²) in [4.78, 5) is 25.0. The van der Waals surface area contributed by atoms with Gasteiger partial charge in [0.1, 0.15) is 16.9 Å². The third kappa shape index (κ3) is 2.01. The predicted molar refractivity (Wildman–Crippen MR) is 56.1 cm³/mol. The normalized spacial score (nSPS) is 10.5. The molecule has 2 aromatic heterocycles. The highest BCUT2D eigenvalue weighted by molar-refractivity contribution is 7.16. The summed E-state index contributed by atoms with van der Waals surface area (Å²) in [5, 5.41) is 8.61. The fraction of sp³-hybridized carbons (Fsp3) is 0.250. The lowest BCUT2D eigenvalue weighted by Gasteiger charge is -2.13. The van der Waals surface area contributed by atoms with Gasteiger partial charge in [-0.1, -0.05) is 0 Å². The lowest BCUT2D eigenvalue weighted by atomic mass is 10.5.